The Labute approximate surface area is 188 Å². The predicted octanol–water partition coefficient (Wildman–Crippen LogP) is 1.62. The van der Waals surface area contributed by atoms with Gasteiger partial charge >= 0.3 is 0 Å². The Balaban J connectivity index is 0.00000300. The van der Waals surface area contributed by atoms with Gasteiger partial charge in [0.2, 0.25) is 24.0 Å². The molecule has 5 heteroatoms. The zero-order valence-electron chi connectivity index (χ0n) is 16.6. The van der Waals surface area contributed by atoms with Gasteiger partial charge in [-0.2, -0.15) is 22.7 Å². The molecule has 0 aliphatic rings. The van der Waals surface area contributed by atoms with E-state index in [1.165, 1.54) is 36.4 Å². The molecule has 0 atom stereocenters. The molecule has 0 radical (unpaired) electrons. The second kappa shape index (κ2) is 10.9. The molecule has 0 nitrogen and oxygen atoms in total. The maximum absolute atomic E-state index is 14.2. The molecule has 3 rings (SSSR count). The molecule has 0 aliphatic carbocycles. The van der Waals surface area contributed by atoms with Crippen molar-refractivity contribution in [1.29, 1.82) is 0 Å². The van der Waals surface area contributed by atoms with Gasteiger partial charge in [0.15, 0.2) is 0 Å². The third-order valence-electron chi connectivity index (χ3n) is 5.74. The minimum absolute atomic E-state index is 0. The van der Waals surface area contributed by atoms with Crippen LogP contribution in [0.5, 0.6) is 0 Å². The van der Waals surface area contributed by atoms with E-state index in [2.05, 4.69) is 6.92 Å². The molecule has 0 N–H and O–H groups in total. The Bertz CT molecular complexity index is 818. The minimum atomic E-state index is -1.71. The van der Waals surface area contributed by atoms with Crippen LogP contribution in [0.4, 0.5) is 13.2 Å². The van der Waals surface area contributed by atoms with Crippen LogP contribution >= 0.6 is 0 Å². The largest absolute Gasteiger partial charge is 0.235 e. The summed E-state index contributed by atoms with van der Waals surface area (Å²) in [5.74, 6) is -1.03. The third-order valence-corrected chi connectivity index (χ3v) is 5.74. The first-order valence-corrected chi connectivity index (χ1v) is 10.0. The van der Waals surface area contributed by atoms with E-state index < -0.39 is 6.15 Å². The Hall–Kier alpha value is -1.76. The van der Waals surface area contributed by atoms with E-state index in [4.69, 9.17) is 0 Å². The van der Waals surface area contributed by atoms with Gasteiger partial charge in [-0.25, -0.2) is 13.2 Å². The highest BCUT2D eigenvalue weighted by atomic mass is 127. The Morgan fingerprint density at radius 1 is 0.621 bits per heavy atom. The average molecular weight is 510 g/mol. The monoisotopic (exact) mass is 510 g/mol. The van der Waals surface area contributed by atoms with Crippen molar-refractivity contribution >= 4 is 22.5 Å². The van der Waals surface area contributed by atoms with Crippen LogP contribution in [0.15, 0.2) is 72.8 Å². The van der Waals surface area contributed by atoms with Crippen molar-refractivity contribution in [3.63, 3.8) is 0 Å². The molecule has 29 heavy (non-hydrogen) atoms. The molecule has 0 spiro atoms. The summed E-state index contributed by atoms with van der Waals surface area (Å²) in [6.07, 6.45) is 3.12. The van der Waals surface area contributed by atoms with Gasteiger partial charge in [0.1, 0.15) is 17.5 Å². The average Bonchev–Trinajstić information content (AvgIpc) is 2.68. The molecule has 0 aliphatic heterocycles. The molecular weight excluding hydrogens is 483 g/mol. The normalized spacial score (nSPS) is 11.2. The Kier molecular flexibility index (Phi) is 8.81. The summed E-state index contributed by atoms with van der Waals surface area (Å²) in [5, 5.41) is 0. The van der Waals surface area contributed by atoms with E-state index >= 15 is 0 Å². The van der Waals surface area contributed by atoms with Crippen molar-refractivity contribution in [3.05, 3.63) is 90.2 Å². The lowest BCUT2D eigenvalue weighted by atomic mass is 9.14. The smallest absolute Gasteiger partial charge is 0.207 e. The number of unbranched alkanes of at least 4 members (excludes halogenated alkanes) is 3. The van der Waals surface area contributed by atoms with E-state index in [1.807, 2.05) is 18.2 Å². The lowest BCUT2D eigenvalue weighted by molar-refractivity contribution is -0.00000750. The Morgan fingerprint density at radius 2 is 1.03 bits per heavy atom. The van der Waals surface area contributed by atoms with E-state index in [0.29, 0.717) is 6.32 Å². The van der Waals surface area contributed by atoms with E-state index in [1.54, 1.807) is 18.2 Å². The fourth-order valence-electron chi connectivity index (χ4n) is 4.39. The number of halogens is 4. The molecule has 3 aromatic carbocycles. The molecule has 0 unspecified atom stereocenters. The minimum Gasteiger partial charge on any atom is -0.207 e. The number of rotatable bonds is 8. The first kappa shape index (κ1) is 23.5. The molecule has 0 fully saturated rings. The van der Waals surface area contributed by atoms with Gasteiger partial charge in [-0.05, 0) is 18.2 Å². The second-order valence-corrected chi connectivity index (χ2v) is 7.56. The number of hydrogen-bond donors (Lipinski definition) is 0. The molecule has 154 valence electrons. The molecule has 0 bridgehead atoms. The SMILES string of the molecule is CCCCCC[B-](c1cccc(F)c1)(c1cccc(F)c1)c1cccc(F)c1.[IH2+]. The van der Waals surface area contributed by atoms with Crippen molar-refractivity contribution in [1.82, 2.24) is 0 Å². The predicted molar refractivity (Wildman–Crippen MR) is 116 cm³/mol. The van der Waals surface area contributed by atoms with Crippen molar-refractivity contribution in [2.24, 2.45) is 0 Å². The van der Waals surface area contributed by atoms with Crippen molar-refractivity contribution < 1.29 is 37.1 Å². The van der Waals surface area contributed by atoms with Crippen molar-refractivity contribution in [2.45, 2.75) is 38.9 Å². The first-order chi connectivity index (χ1) is 13.6. The molecule has 0 saturated heterocycles. The van der Waals surface area contributed by atoms with Crippen LogP contribution in [0.1, 0.15) is 32.6 Å². The molecule has 0 saturated carbocycles. The summed E-state index contributed by atoms with van der Waals surface area (Å²) in [6, 6.07) is 19.4. The summed E-state index contributed by atoms with van der Waals surface area (Å²) >= 11 is 0. The highest BCUT2D eigenvalue weighted by Gasteiger charge is 2.30. The molecule has 3 aromatic rings. The van der Waals surface area contributed by atoms with Gasteiger partial charge in [0, 0.05) is 0 Å². The standard InChI is InChI=1S/C24H25BF3.H2I/c1-2-3-4-5-15-25(19-9-6-12-22(26)16-19,20-10-7-13-23(27)17-20)21-11-8-14-24(28)18-21;/h6-14,16-18H,2-5,15H2,1H3;1H2/q-1;+1. The highest BCUT2D eigenvalue weighted by molar-refractivity contribution is 7.11. The summed E-state index contributed by atoms with van der Waals surface area (Å²) < 4.78 is 42.6. The fraction of sp³-hybridized carbons (Fsp3) is 0.250. The van der Waals surface area contributed by atoms with Gasteiger partial charge in [0.05, 0.1) is 6.15 Å². The van der Waals surface area contributed by atoms with Crippen LogP contribution in [0.3, 0.4) is 0 Å². The van der Waals surface area contributed by atoms with Crippen LogP contribution in [0.2, 0.25) is 6.32 Å². The van der Waals surface area contributed by atoms with Crippen molar-refractivity contribution in [2.75, 3.05) is 0 Å². The molecular formula is C24H27BF3I. The van der Waals surface area contributed by atoms with Crippen LogP contribution in [0, 0.1) is 17.5 Å². The highest BCUT2D eigenvalue weighted by Crippen LogP contribution is 2.19. The van der Waals surface area contributed by atoms with Crippen LogP contribution in [-0.4, -0.2) is 6.15 Å². The van der Waals surface area contributed by atoms with E-state index in [0.717, 1.165) is 42.1 Å². The first-order valence-electron chi connectivity index (χ1n) is 10.0. The van der Waals surface area contributed by atoms with Crippen LogP contribution < -0.4 is 40.4 Å². The summed E-state index contributed by atoms with van der Waals surface area (Å²) in [4.78, 5) is 0. The summed E-state index contributed by atoms with van der Waals surface area (Å²) in [7, 11) is 0. The number of benzene rings is 3. The lowest BCUT2D eigenvalue weighted by Gasteiger charge is -2.43. The van der Waals surface area contributed by atoms with Gasteiger partial charge in [0.25, 0.3) is 0 Å². The molecule has 0 aromatic heterocycles. The topological polar surface area (TPSA) is 0 Å². The summed E-state index contributed by atoms with van der Waals surface area (Å²) in [5.41, 5.74) is 2.31. The van der Waals surface area contributed by atoms with E-state index in [-0.39, 0.29) is 41.4 Å². The second-order valence-electron chi connectivity index (χ2n) is 7.56. The van der Waals surface area contributed by atoms with Crippen LogP contribution in [0.25, 0.3) is 0 Å². The quantitative estimate of drug-likeness (QED) is 0.246. The zero-order valence-corrected chi connectivity index (χ0v) is 19.2. The number of hydrogen-bond acceptors (Lipinski definition) is 0. The summed E-state index contributed by atoms with van der Waals surface area (Å²) in [6.45, 7) is 2.14. The fourth-order valence-corrected chi connectivity index (χ4v) is 4.39. The maximum Gasteiger partial charge on any atom is 0.235 e. The van der Waals surface area contributed by atoms with E-state index in [9.17, 15) is 13.2 Å². The van der Waals surface area contributed by atoms with Gasteiger partial charge in [-0.1, -0.05) is 87.2 Å². The van der Waals surface area contributed by atoms with Crippen molar-refractivity contribution in [3.8, 4) is 0 Å². The maximum atomic E-state index is 14.2. The van der Waals surface area contributed by atoms with Gasteiger partial charge < -0.3 is 0 Å². The molecule has 0 heterocycles. The van der Waals surface area contributed by atoms with Crippen LogP contribution in [-0.2, 0) is 0 Å². The zero-order chi connectivity index (χ0) is 20.0. The molecule has 0 amide bonds. The van der Waals surface area contributed by atoms with Gasteiger partial charge in [-0.15, -0.1) is 0 Å². The third kappa shape index (κ3) is 5.44. The lowest BCUT2D eigenvalue weighted by Crippen LogP contribution is -3.00. The van der Waals surface area contributed by atoms with Gasteiger partial charge in [-0.3, -0.25) is 0 Å². The Morgan fingerprint density at radius 3 is 1.38 bits per heavy atom.